The van der Waals surface area contributed by atoms with Gasteiger partial charge in [0.15, 0.2) is 0 Å². The van der Waals surface area contributed by atoms with Gasteiger partial charge in [-0.15, -0.1) is 0 Å². The van der Waals surface area contributed by atoms with E-state index < -0.39 is 0 Å². The van der Waals surface area contributed by atoms with E-state index in [1.807, 2.05) is 41.9 Å². The second kappa shape index (κ2) is 7.20. The standard InChI is InChI=1S/C20H27N3O/c1-4-12-22(14-17-10-11-17)20(24)13-19-15(2)21-23(16(19)3)18-8-6-5-7-9-18/h5-9,17H,4,10-14H2,1-3H3. The molecule has 0 atom stereocenters. The summed E-state index contributed by atoms with van der Waals surface area (Å²) in [4.78, 5) is 14.9. The molecule has 24 heavy (non-hydrogen) atoms. The summed E-state index contributed by atoms with van der Waals surface area (Å²) in [7, 11) is 0. The minimum atomic E-state index is 0.238. The summed E-state index contributed by atoms with van der Waals surface area (Å²) in [5.74, 6) is 0.970. The van der Waals surface area contributed by atoms with Crippen molar-refractivity contribution in [3.8, 4) is 5.69 Å². The van der Waals surface area contributed by atoms with Crippen LogP contribution in [0.3, 0.4) is 0 Å². The van der Waals surface area contributed by atoms with Gasteiger partial charge in [-0.3, -0.25) is 4.79 Å². The number of para-hydroxylation sites is 1. The molecule has 0 N–H and O–H groups in total. The zero-order valence-electron chi connectivity index (χ0n) is 15.0. The van der Waals surface area contributed by atoms with Crippen molar-refractivity contribution in [2.24, 2.45) is 5.92 Å². The predicted molar refractivity (Wildman–Crippen MR) is 96.3 cm³/mol. The first-order chi connectivity index (χ1) is 11.6. The smallest absolute Gasteiger partial charge is 0.227 e. The molecule has 2 aromatic rings. The Kier molecular flexibility index (Phi) is 5.03. The summed E-state index contributed by atoms with van der Waals surface area (Å²) in [6, 6.07) is 10.1. The molecule has 4 nitrogen and oxygen atoms in total. The van der Waals surface area contributed by atoms with Gasteiger partial charge in [0.25, 0.3) is 0 Å². The molecular weight excluding hydrogens is 298 g/mol. The van der Waals surface area contributed by atoms with E-state index in [0.717, 1.165) is 48.1 Å². The molecule has 3 rings (SSSR count). The molecule has 0 radical (unpaired) electrons. The van der Waals surface area contributed by atoms with E-state index in [1.54, 1.807) is 0 Å². The maximum atomic E-state index is 12.8. The van der Waals surface area contributed by atoms with Crippen LogP contribution in [0.1, 0.15) is 43.1 Å². The number of carbonyl (C=O) groups excluding carboxylic acids is 1. The zero-order valence-corrected chi connectivity index (χ0v) is 15.0. The molecule has 1 aliphatic carbocycles. The van der Waals surface area contributed by atoms with Crippen LogP contribution < -0.4 is 0 Å². The first-order valence-electron chi connectivity index (χ1n) is 8.98. The Balaban J connectivity index is 1.79. The van der Waals surface area contributed by atoms with E-state index in [9.17, 15) is 4.79 Å². The van der Waals surface area contributed by atoms with E-state index in [0.29, 0.717) is 6.42 Å². The van der Waals surface area contributed by atoms with E-state index in [2.05, 4.69) is 23.8 Å². The van der Waals surface area contributed by atoms with Crippen LogP contribution in [-0.4, -0.2) is 33.7 Å². The molecule has 1 aliphatic rings. The summed E-state index contributed by atoms with van der Waals surface area (Å²) in [6.45, 7) is 7.98. The van der Waals surface area contributed by atoms with E-state index in [4.69, 9.17) is 0 Å². The molecule has 4 heteroatoms. The van der Waals surface area contributed by atoms with Crippen molar-refractivity contribution in [3.63, 3.8) is 0 Å². The van der Waals surface area contributed by atoms with Gasteiger partial charge in [0.05, 0.1) is 17.8 Å². The van der Waals surface area contributed by atoms with Gasteiger partial charge < -0.3 is 4.90 Å². The quantitative estimate of drug-likeness (QED) is 0.779. The summed E-state index contributed by atoms with van der Waals surface area (Å²) < 4.78 is 1.95. The van der Waals surface area contributed by atoms with Crippen molar-refractivity contribution in [3.05, 3.63) is 47.3 Å². The number of nitrogens with zero attached hydrogens (tertiary/aromatic N) is 3. The fourth-order valence-electron chi connectivity index (χ4n) is 3.21. The topological polar surface area (TPSA) is 38.1 Å². The van der Waals surface area contributed by atoms with Gasteiger partial charge in [-0.2, -0.15) is 5.10 Å². The zero-order chi connectivity index (χ0) is 17.1. The van der Waals surface area contributed by atoms with Gasteiger partial charge in [-0.25, -0.2) is 4.68 Å². The highest BCUT2D eigenvalue weighted by Crippen LogP contribution is 2.30. The summed E-state index contributed by atoms with van der Waals surface area (Å²) in [5.41, 5.74) is 4.13. The van der Waals surface area contributed by atoms with Gasteiger partial charge in [-0.05, 0) is 51.2 Å². The van der Waals surface area contributed by atoms with Gasteiger partial charge in [0, 0.05) is 24.3 Å². The fraction of sp³-hybridized carbons (Fsp3) is 0.500. The SMILES string of the molecule is CCCN(CC1CC1)C(=O)Cc1c(C)nn(-c2ccccc2)c1C. The molecule has 0 aliphatic heterocycles. The van der Waals surface area contributed by atoms with Gasteiger partial charge >= 0.3 is 0 Å². The Morgan fingerprint density at radius 3 is 2.58 bits per heavy atom. The molecule has 0 bridgehead atoms. The lowest BCUT2D eigenvalue weighted by Gasteiger charge is -2.22. The molecule has 1 fully saturated rings. The number of aryl methyl sites for hydroxylation is 1. The van der Waals surface area contributed by atoms with Crippen molar-refractivity contribution < 1.29 is 4.79 Å². The van der Waals surface area contributed by atoms with Crippen molar-refractivity contribution in [2.45, 2.75) is 46.5 Å². The lowest BCUT2D eigenvalue weighted by molar-refractivity contribution is -0.130. The normalized spacial score (nSPS) is 14.0. The van der Waals surface area contributed by atoms with Crippen LogP contribution >= 0.6 is 0 Å². The maximum absolute atomic E-state index is 12.8. The van der Waals surface area contributed by atoms with Crippen LogP contribution in [0.5, 0.6) is 0 Å². The first kappa shape index (κ1) is 16.7. The number of aromatic nitrogens is 2. The molecule has 1 saturated carbocycles. The lowest BCUT2D eigenvalue weighted by Crippen LogP contribution is -2.35. The van der Waals surface area contributed by atoms with Crippen molar-refractivity contribution in [1.29, 1.82) is 0 Å². The first-order valence-corrected chi connectivity index (χ1v) is 8.98. The third kappa shape index (κ3) is 3.69. The largest absolute Gasteiger partial charge is 0.342 e. The average molecular weight is 325 g/mol. The highest BCUT2D eigenvalue weighted by Gasteiger charge is 2.27. The molecule has 1 aromatic heterocycles. The monoisotopic (exact) mass is 325 g/mol. The van der Waals surface area contributed by atoms with Crippen LogP contribution in [0.4, 0.5) is 0 Å². The Bertz CT molecular complexity index is 701. The minimum Gasteiger partial charge on any atom is -0.342 e. The highest BCUT2D eigenvalue weighted by molar-refractivity contribution is 5.79. The maximum Gasteiger partial charge on any atom is 0.227 e. The number of amides is 1. The number of hydrogen-bond acceptors (Lipinski definition) is 2. The minimum absolute atomic E-state index is 0.238. The van der Waals surface area contributed by atoms with Gasteiger partial charge in [0.1, 0.15) is 0 Å². The number of benzene rings is 1. The second-order valence-electron chi connectivity index (χ2n) is 6.86. The van der Waals surface area contributed by atoms with Crippen molar-refractivity contribution in [1.82, 2.24) is 14.7 Å². The van der Waals surface area contributed by atoms with Crippen LogP contribution in [-0.2, 0) is 11.2 Å². The van der Waals surface area contributed by atoms with Crippen molar-refractivity contribution >= 4 is 5.91 Å². The Hall–Kier alpha value is -2.10. The molecule has 1 aromatic carbocycles. The Morgan fingerprint density at radius 2 is 1.96 bits per heavy atom. The van der Waals surface area contributed by atoms with Crippen LogP contribution in [0.15, 0.2) is 30.3 Å². The molecule has 1 heterocycles. The molecule has 1 amide bonds. The Morgan fingerprint density at radius 1 is 1.25 bits per heavy atom. The average Bonchev–Trinajstić information content (AvgIpc) is 3.36. The van der Waals surface area contributed by atoms with Crippen molar-refractivity contribution in [2.75, 3.05) is 13.1 Å². The van der Waals surface area contributed by atoms with Crippen LogP contribution in [0.25, 0.3) is 5.69 Å². The van der Waals surface area contributed by atoms with E-state index in [1.165, 1.54) is 12.8 Å². The summed E-state index contributed by atoms with van der Waals surface area (Å²) >= 11 is 0. The lowest BCUT2D eigenvalue weighted by atomic mass is 10.1. The summed E-state index contributed by atoms with van der Waals surface area (Å²) in [6.07, 6.45) is 4.02. The van der Waals surface area contributed by atoms with Crippen LogP contribution in [0, 0.1) is 19.8 Å². The third-order valence-corrected chi connectivity index (χ3v) is 4.79. The number of carbonyl (C=O) groups is 1. The fourth-order valence-corrected chi connectivity index (χ4v) is 3.21. The molecule has 0 unspecified atom stereocenters. The second-order valence-corrected chi connectivity index (χ2v) is 6.86. The molecule has 0 saturated heterocycles. The predicted octanol–water partition coefficient (Wildman–Crippen LogP) is 3.68. The van der Waals surface area contributed by atoms with E-state index in [-0.39, 0.29) is 5.91 Å². The Labute approximate surface area is 144 Å². The molecule has 0 spiro atoms. The number of rotatable bonds is 7. The van der Waals surface area contributed by atoms with Gasteiger partial charge in [0.2, 0.25) is 5.91 Å². The van der Waals surface area contributed by atoms with Crippen LogP contribution in [0.2, 0.25) is 0 Å². The number of hydrogen-bond donors (Lipinski definition) is 0. The summed E-state index contributed by atoms with van der Waals surface area (Å²) in [5, 5.41) is 4.66. The highest BCUT2D eigenvalue weighted by atomic mass is 16.2. The third-order valence-electron chi connectivity index (χ3n) is 4.79. The molecule has 128 valence electrons. The molecular formula is C20H27N3O. The van der Waals surface area contributed by atoms with Gasteiger partial charge in [-0.1, -0.05) is 25.1 Å². The van der Waals surface area contributed by atoms with E-state index >= 15 is 0 Å².